The quantitative estimate of drug-likeness (QED) is 0.469. The highest BCUT2D eigenvalue weighted by Gasteiger charge is 2.39. The van der Waals surface area contributed by atoms with Crippen LogP contribution in [0.4, 0.5) is 0 Å². The first-order valence-electron chi connectivity index (χ1n) is 7.46. The fourth-order valence-electron chi connectivity index (χ4n) is 2.33. The zero-order chi connectivity index (χ0) is 15.9. The zero-order valence-corrected chi connectivity index (χ0v) is 13.6. The summed E-state index contributed by atoms with van der Waals surface area (Å²) in [6.45, 7) is 4.60. The van der Waals surface area contributed by atoms with Crippen molar-refractivity contribution in [2.24, 2.45) is 5.92 Å². The van der Waals surface area contributed by atoms with Crippen molar-refractivity contribution < 1.29 is 23.1 Å². The predicted molar refractivity (Wildman–Crippen MR) is 78.8 cm³/mol. The summed E-state index contributed by atoms with van der Waals surface area (Å²) in [6, 6.07) is -0.709. The van der Waals surface area contributed by atoms with Gasteiger partial charge in [0.15, 0.2) is 0 Å². The smallest absolute Gasteiger partial charge is 0.324 e. The molecule has 0 radical (unpaired) electrons. The van der Waals surface area contributed by atoms with Crippen LogP contribution in [-0.4, -0.2) is 56.1 Å². The van der Waals surface area contributed by atoms with Crippen LogP contribution in [-0.2, 0) is 19.7 Å². The van der Waals surface area contributed by atoms with Crippen LogP contribution in [0.5, 0.6) is 0 Å². The third-order valence-electron chi connectivity index (χ3n) is 3.54. The fourth-order valence-corrected chi connectivity index (χ4v) is 3.79. The van der Waals surface area contributed by atoms with Gasteiger partial charge in [0.05, 0.1) is 6.61 Å². The molecular weight excluding hydrogens is 296 g/mol. The number of hydrogen-bond acceptors (Lipinski definition) is 5. The molecule has 0 spiro atoms. The summed E-state index contributed by atoms with van der Waals surface area (Å²) in [5.74, 6) is -0.317. The number of rotatable bonds is 9. The molecule has 2 unspecified atom stereocenters. The fraction of sp³-hybridized carbons (Fsp3) is 0.923. The molecule has 1 fully saturated rings. The second kappa shape index (κ2) is 8.67. The van der Waals surface area contributed by atoms with Gasteiger partial charge < -0.3 is 9.84 Å². The Morgan fingerprint density at radius 2 is 2.24 bits per heavy atom. The van der Waals surface area contributed by atoms with Crippen LogP contribution in [0.3, 0.4) is 0 Å². The summed E-state index contributed by atoms with van der Waals surface area (Å²) < 4.78 is 33.1. The van der Waals surface area contributed by atoms with Crippen LogP contribution < -0.4 is 4.72 Å². The standard InChI is InChI=1S/C13H26N2O5S/c1-3-20-13(17)12-7-5-9-15(12)21(18,19)14-8-4-6-11(2)10-16/h11-12,14,16H,3-10H2,1-2H3. The lowest BCUT2D eigenvalue weighted by Gasteiger charge is -2.22. The SMILES string of the molecule is CCOC(=O)C1CCCN1S(=O)(=O)NCCCC(C)CO. The lowest BCUT2D eigenvalue weighted by atomic mass is 10.1. The third-order valence-corrected chi connectivity index (χ3v) is 5.16. The highest BCUT2D eigenvalue weighted by molar-refractivity contribution is 7.87. The van der Waals surface area contributed by atoms with Crippen LogP contribution in [0.15, 0.2) is 0 Å². The van der Waals surface area contributed by atoms with E-state index in [2.05, 4.69) is 4.72 Å². The molecule has 1 aliphatic heterocycles. The van der Waals surface area contributed by atoms with Gasteiger partial charge in [-0.2, -0.15) is 12.7 Å². The number of nitrogens with one attached hydrogen (secondary N) is 1. The molecule has 124 valence electrons. The Labute approximate surface area is 126 Å². The maximum absolute atomic E-state index is 12.2. The van der Waals surface area contributed by atoms with E-state index < -0.39 is 22.2 Å². The molecule has 8 heteroatoms. The maximum Gasteiger partial charge on any atom is 0.324 e. The number of carbonyl (C=O) groups is 1. The summed E-state index contributed by atoms with van der Waals surface area (Å²) in [6.07, 6.45) is 2.56. The molecule has 1 saturated heterocycles. The summed E-state index contributed by atoms with van der Waals surface area (Å²) in [4.78, 5) is 11.8. The summed E-state index contributed by atoms with van der Waals surface area (Å²) in [5.41, 5.74) is 0. The molecule has 0 bridgehead atoms. The number of esters is 1. The lowest BCUT2D eigenvalue weighted by Crippen LogP contribution is -2.47. The number of ether oxygens (including phenoxy) is 1. The Morgan fingerprint density at radius 1 is 1.52 bits per heavy atom. The van der Waals surface area contributed by atoms with E-state index in [0.717, 1.165) is 6.42 Å². The van der Waals surface area contributed by atoms with Crippen molar-refractivity contribution in [3.8, 4) is 0 Å². The van der Waals surface area contributed by atoms with Crippen LogP contribution in [0.2, 0.25) is 0 Å². The van der Waals surface area contributed by atoms with Crippen molar-refractivity contribution in [3.63, 3.8) is 0 Å². The van der Waals surface area contributed by atoms with Crippen LogP contribution >= 0.6 is 0 Å². The minimum Gasteiger partial charge on any atom is -0.465 e. The Morgan fingerprint density at radius 3 is 2.86 bits per heavy atom. The van der Waals surface area contributed by atoms with Crippen molar-refractivity contribution in [2.45, 2.75) is 45.6 Å². The number of carbonyl (C=O) groups excluding carboxylic acids is 1. The molecule has 2 N–H and O–H groups in total. The molecular formula is C13H26N2O5S. The first-order chi connectivity index (χ1) is 9.92. The zero-order valence-electron chi connectivity index (χ0n) is 12.7. The first kappa shape index (κ1) is 18.3. The molecule has 7 nitrogen and oxygen atoms in total. The number of aliphatic hydroxyl groups is 1. The van der Waals surface area contributed by atoms with Gasteiger partial charge in [-0.05, 0) is 38.5 Å². The van der Waals surface area contributed by atoms with Crippen LogP contribution in [0.25, 0.3) is 0 Å². The molecule has 0 aromatic heterocycles. The van der Waals surface area contributed by atoms with Crippen LogP contribution in [0.1, 0.15) is 39.5 Å². The van der Waals surface area contributed by atoms with E-state index in [1.807, 2.05) is 6.92 Å². The van der Waals surface area contributed by atoms with Crippen molar-refractivity contribution in [2.75, 3.05) is 26.3 Å². The first-order valence-corrected chi connectivity index (χ1v) is 8.90. The third kappa shape index (κ3) is 5.54. The molecule has 0 amide bonds. The van der Waals surface area contributed by atoms with Crippen LogP contribution in [0, 0.1) is 5.92 Å². The molecule has 0 aromatic rings. The monoisotopic (exact) mass is 322 g/mol. The van der Waals surface area contributed by atoms with Gasteiger partial charge in [-0.1, -0.05) is 6.92 Å². The molecule has 2 atom stereocenters. The topological polar surface area (TPSA) is 95.9 Å². The predicted octanol–water partition coefficient (Wildman–Crippen LogP) is 0.257. The minimum absolute atomic E-state index is 0.101. The summed E-state index contributed by atoms with van der Waals surface area (Å²) in [7, 11) is -3.66. The highest BCUT2D eigenvalue weighted by Crippen LogP contribution is 2.21. The van der Waals surface area contributed by atoms with E-state index in [9.17, 15) is 13.2 Å². The van der Waals surface area contributed by atoms with Gasteiger partial charge in [-0.15, -0.1) is 0 Å². The summed E-state index contributed by atoms with van der Waals surface area (Å²) in [5, 5.41) is 8.91. The Bertz CT molecular complexity index is 426. The molecule has 0 saturated carbocycles. The lowest BCUT2D eigenvalue weighted by molar-refractivity contribution is -0.146. The van der Waals surface area contributed by atoms with Crippen molar-refractivity contribution in [3.05, 3.63) is 0 Å². The molecule has 0 aromatic carbocycles. The van der Waals surface area contributed by atoms with Crippen molar-refractivity contribution in [1.82, 2.24) is 9.03 Å². The second-order valence-electron chi connectivity index (χ2n) is 5.35. The van der Waals surface area contributed by atoms with Crippen molar-refractivity contribution >= 4 is 16.2 Å². The van der Waals surface area contributed by atoms with Crippen molar-refractivity contribution in [1.29, 1.82) is 0 Å². The molecule has 1 rings (SSSR count). The Kier molecular flexibility index (Phi) is 7.58. The van der Waals surface area contributed by atoms with E-state index in [1.165, 1.54) is 4.31 Å². The van der Waals surface area contributed by atoms with Gasteiger partial charge in [0, 0.05) is 19.7 Å². The van der Waals surface area contributed by atoms with Gasteiger partial charge >= 0.3 is 5.97 Å². The maximum atomic E-state index is 12.2. The molecule has 0 aliphatic carbocycles. The average molecular weight is 322 g/mol. The molecule has 1 heterocycles. The number of hydrogen-bond donors (Lipinski definition) is 2. The van der Waals surface area contributed by atoms with Gasteiger partial charge in [0.2, 0.25) is 0 Å². The van der Waals surface area contributed by atoms with E-state index in [1.54, 1.807) is 6.92 Å². The van der Waals surface area contributed by atoms with Gasteiger partial charge in [-0.25, -0.2) is 4.72 Å². The van der Waals surface area contributed by atoms with Gasteiger partial charge in [0.25, 0.3) is 10.2 Å². The van der Waals surface area contributed by atoms with Gasteiger partial charge in [0.1, 0.15) is 6.04 Å². The average Bonchev–Trinajstić information content (AvgIpc) is 2.94. The largest absolute Gasteiger partial charge is 0.465 e. The highest BCUT2D eigenvalue weighted by atomic mass is 32.2. The minimum atomic E-state index is -3.66. The van der Waals surface area contributed by atoms with E-state index in [4.69, 9.17) is 9.84 Å². The second-order valence-corrected chi connectivity index (χ2v) is 7.06. The Hall–Kier alpha value is -0.700. The van der Waals surface area contributed by atoms with E-state index in [0.29, 0.717) is 32.4 Å². The number of aliphatic hydroxyl groups excluding tert-OH is 1. The number of nitrogens with zero attached hydrogens (tertiary/aromatic N) is 1. The molecule has 1 aliphatic rings. The van der Waals surface area contributed by atoms with E-state index in [-0.39, 0.29) is 19.1 Å². The van der Waals surface area contributed by atoms with E-state index >= 15 is 0 Å². The normalized spacial score (nSPS) is 21.4. The summed E-state index contributed by atoms with van der Waals surface area (Å²) >= 11 is 0. The van der Waals surface area contributed by atoms with Gasteiger partial charge in [-0.3, -0.25) is 4.79 Å². The Balaban J connectivity index is 2.50. The molecule has 21 heavy (non-hydrogen) atoms.